The molecule has 0 spiro atoms. The van der Waals surface area contributed by atoms with Crippen LogP contribution in [0.3, 0.4) is 0 Å². The van der Waals surface area contributed by atoms with Gasteiger partial charge in [-0.05, 0) is 24.6 Å². The van der Waals surface area contributed by atoms with Gasteiger partial charge in [-0.1, -0.05) is 13.8 Å². The largest absolute Gasteiger partial charge is 0.396 e. The number of ketones is 1. The summed E-state index contributed by atoms with van der Waals surface area (Å²) in [5, 5.41) is 9.03. The van der Waals surface area contributed by atoms with Gasteiger partial charge < -0.3 is 10.0 Å². The van der Waals surface area contributed by atoms with Crippen LogP contribution in [0.15, 0.2) is 18.2 Å². The summed E-state index contributed by atoms with van der Waals surface area (Å²) in [4.78, 5) is 25.5. The van der Waals surface area contributed by atoms with E-state index in [4.69, 9.17) is 5.11 Å². The number of rotatable bonds is 6. The minimum absolute atomic E-state index is 0.0259. The maximum absolute atomic E-state index is 12.2. The number of nitrogens with zero attached hydrogens (tertiary/aromatic N) is 1. The van der Waals surface area contributed by atoms with Gasteiger partial charge in [0.25, 0.3) is 0 Å². The Labute approximate surface area is 119 Å². The lowest BCUT2D eigenvalue weighted by atomic mass is 9.92. The molecule has 1 heterocycles. The molecule has 1 aromatic carbocycles. The van der Waals surface area contributed by atoms with Gasteiger partial charge in [0.05, 0.1) is 0 Å². The third kappa shape index (κ3) is 2.75. The average Bonchev–Trinajstić information content (AvgIpc) is 2.44. The smallest absolute Gasteiger partial charge is 0.166 e. The van der Waals surface area contributed by atoms with Crippen molar-refractivity contribution in [3.05, 3.63) is 29.3 Å². The fraction of sp³-hybridized carbons (Fsp3) is 0.500. The number of Topliss-reactive ketones (excluding diaryl/α,β-unsaturated/α-hetero) is 1. The van der Waals surface area contributed by atoms with E-state index < -0.39 is 0 Å². The highest BCUT2D eigenvalue weighted by Gasteiger charge is 2.27. The Bertz CT molecular complexity index is 506. The second kappa shape index (κ2) is 6.18. The van der Waals surface area contributed by atoms with Crippen molar-refractivity contribution in [2.24, 2.45) is 11.8 Å². The van der Waals surface area contributed by atoms with Crippen LogP contribution in [-0.4, -0.2) is 36.9 Å². The van der Waals surface area contributed by atoms with Crippen molar-refractivity contribution in [1.29, 1.82) is 0 Å². The number of hydrogen-bond donors (Lipinski definition) is 1. The average molecular weight is 275 g/mol. The zero-order valence-corrected chi connectivity index (χ0v) is 12.0. The van der Waals surface area contributed by atoms with Crippen LogP contribution in [-0.2, 0) is 0 Å². The van der Waals surface area contributed by atoms with E-state index in [0.29, 0.717) is 17.0 Å². The lowest BCUT2D eigenvalue weighted by Crippen LogP contribution is -2.48. The van der Waals surface area contributed by atoms with Crippen LogP contribution in [0.2, 0.25) is 0 Å². The third-order valence-corrected chi connectivity index (χ3v) is 4.07. The van der Waals surface area contributed by atoms with Gasteiger partial charge in [-0.2, -0.15) is 0 Å². The van der Waals surface area contributed by atoms with Gasteiger partial charge in [0, 0.05) is 48.3 Å². The first-order chi connectivity index (χ1) is 9.60. The number of benzene rings is 1. The molecular formula is C16H21NO3. The molecule has 108 valence electrons. The Morgan fingerprint density at radius 2 is 2.20 bits per heavy atom. The number of aldehydes is 1. The summed E-state index contributed by atoms with van der Waals surface area (Å²) in [7, 11) is 0. The van der Waals surface area contributed by atoms with Crippen LogP contribution in [0.25, 0.3) is 0 Å². The van der Waals surface area contributed by atoms with Gasteiger partial charge in [0.2, 0.25) is 0 Å². The Hall–Kier alpha value is -1.68. The summed E-state index contributed by atoms with van der Waals surface area (Å²) in [6.07, 6.45) is 1.52. The third-order valence-electron chi connectivity index (χ3n) is 4.07. The maximum atomic E-state index is 12.2. The van der Waals surface area contributed by atoms with Crippen molar-refractivity contribution in [1.82, 2.24) is 0 Å². The molecule has 1 N–H and O–H groups in total. The van der Waals surface area contributed by atoms with Gasteiger partial charge in [-0.25, -0.2) is 0 Å². The molecule has 0 bridgehead atoms. The monoisotopic (exact) mass is 275 g/mol. The minimum Gasteiger partial charge on any atom is -0.396 e. The van der Waals surface area contributed by atoms with E-state index in [1.54, 1.807) is 12.1 Å². The Balaban J connectivity index is 2.20. The Morgan fingerprint density at radius 1 is 1.50 bits per heavy atom. The molecule has 1 aliphatic rings. The Kier molecular flexibility index (Phi) is 4.55. The molecular weight excluding hydrogens is 254 g/mol. The molecule has 4 heteroatoms. The van der Waals surface area contributed by atoms with Crippen molar-refractivity contribution in [3.63, 3.8) is 0 Å². The topological polar surface area (TPSA) is 57.6 Å². The van der Waals surface area contributed by atoms with Gasteiger partial charge in [0.15, 0.2) is 12.1 Å². The van der Waals surface area contributed by atoms with E-state index in [1.807, 2.05) is 19.9 Å². The molecule has 0 saturated carbocycles. The van der Waals surface area contributed by atoms with E-state index >= 15 is 0 Å². The van der Waals surface area contributed by atoms with E-state index in [1.165, 1.54) is 0 Å². The molecule has 0 radical (unpaired) electrons. The number of aliphatic hydroxyl groups excluding tert-OH is 1. The number of carbonyl (C=O) groups excluding carboxylic acids is 2. The highest BCUT2D eigenvalue weighted by molar-refractivity contribution is 6.04. The van der Waals surface area contributed by atoms with Crippen LogP contribution < -0.4 is 4.90 Å². The fourth-order valence-electron chi connectivity index (χ4n) is 2.42. The van der Waals surface area contributed by atoms with E-state index in [0.717, 1.165) is 31.5 Å². The lowest BCUT2D eigenvalue weighted by molar-refractivity contribution is 0.0922. The summed E-state index contributed by atoms with van der Waals surface area (Å²) < 4.78 is 0. The molecule has 1 saturated heterocycles. The molecule has 1 fully saturated rings. The lowest BCUT2D eigenvalue weighted by Gasteiger charge is -2.40. The summed E-state index contributed by atoms with van der Waals surface area (Å²) in [5.41, 5.74) is 1.91. The standard InChI is InChI=1S/C16H21NO3/c1-3-11(2)16(20)15-5-4-14(6-13(15)10-19)17-7-12(8-17)9-18/h4-6,10-12,18H,3,7-9H2,1-2H3. The van der Waals surface area contributed by atoms with Crippen LogP contribution >= 0.6 is 0 Å². The highest BCUT2D eigenvalue weighted by Crippen LogP contribution is 2.27. The molecule has 1 aliphatic heterocycles. The summed E-state index contributed by atoms with van der Waals surface area (Å²) in [5.74, 6) is 0.274. The normalized spacial score (nSPS) is 16.6. The molecule has 2 rings (SSSR count). The molecule has 1 unspecified atom stereocenters. The molecule has 1 atom stereocenters. The molecule has 4 nitrogen and oxygen atoms in total. The second-order valence-electron chi connectivity index (χ2n) is 5.52. The van der Waals surface area contributed by atoms with Crippen LogP contribution in [0.5, 0.6) is 0 Å². The first-order valence-electron chi connectivity index (χ1n) is 7.09. The van der Waals surface area contributed by atoms with Crippen molar-refractivity contribution in [2.45, 2.75) is 20.3 Å². The number of carbonyl (C=O) groups is 2. The summed E-state index contributed by atoms with van der Waals surface area (Å²) in [6, 6.07) is 5.41. The van der Waals surface area contributed by atoms with Crippen molar-refractivity contribution >= 4 is 17.8 Å². The maximum Gasteiger partial charge on any atom is 0.166 e. The van der Waals surface area contributed by atoms with Crippen molar-refractivity contribution in [2.75, 3.05) is 24.6 Å². The van der Waals surface area contributed by atoms with E-state index in [9.17, 15) is 9.59 Å². The highest BCUT2D eigenvalue weighted by atomic mass is 16.3. The molecule has 1 aromatic rings. The number of anilines is 1. The minimum atomic E-state index is -0.0673. The van der Waals surface area contributed by atoms with Gasteiger partial charge >= 0.3 is 0 Å². The van der Waals surface area contributed by atoms with Gasteiger partial charge in [0.1, 0.15) is 0 Å². The van der Waals surface area contributed by atoms with E-state index in [-0.39, 0.29) is 18.3 Å². The second-order valence-corrected chi connectivity index (χ2v) is 5.52. The molecule has 0 aliphatic carbocycles. The number of hydrogen-bond acceptors (Lipinski definition) is 4. The molecule has 20 heavy (non-hydrogen) atoms. The summed E-state index contributed by atoms with van der Waals surface area (Å²) in [6.45, 7) is 5.64. The quantitative estimate of drug-likeness (QED) is 0.638. The van der Waals surface area contributed by atoms with Gasteiger partial charge in [-0.3, -0.25) is 9.59 Å². The zero-order valence-electron chi connectivity index (χ0n) is 12.0. The van der Waals surface area contributed by atoms with Crippen molar-refractivity contribution in [3.8, 4) is 0 Å². The molecule has 0 amide bonds. The SMILES string of the molecule is CCC(C)C(=O)c1ccc(N2CC(CO)C2)cc1C=O. The predicted octanol–water partition coefficient (Wildman–Crippen LogP) is 2.16. The van der Waals surface area contributed by atoms with Crippen LogP contribution in [0.1, 0.15) is 41.0 Å². The van der Waals surface area contributed by atoms with Crippen LogP contribution in [0, 0.1) is 11.8 Å². The summed E-state index contributed by atoms with van der Waals surface area (Å²) >= 11 is 0. The first kappa shape index (κ1) is 14.7. The zero-order chi connectivity index (χ0) is 14.7. The first-order valence-corrected chi connectivity index (χ1v) is 7.09. The van der Waals surface area contributed by atoms with E-state index in [2.05, 4.69) is 4.90 Å². The number of aliphatic hydroxyl groups is 1. The van der Waals surface area contributed by atoms with Gasteiger partial charge in [-0.15, -0.1) is 0 Å². The molecule has 0 aromatic heterocycles. The Morgan fingerprint density at radius 3 is 2.75 bits per heavy atom. The predicted molar refractivity (Wildman–Crippen MR) is 78.4 cm³/mol. The van der Waals surface area contributed by atoms with Crippen molar-refractivity contribution < 1.29 is 14.7 Å². The fourth-order valence-corrected chi connectivity index (χ4v) is 2.42. The van der Waals surface area contributed by atoms with Crippen LogP contribution in [0.4, 0.5) is 5.69 Å².